The van der Waals surface area contributed by atoms with Gasteiger partial charge >= 0.3 is 0 Å². The fraction of sp³-hybridized carbons (Fsp3) is 0.0833. The molecule has 0 spiro atoms. The van der Waals surface area contributed by atoms with Crippen LogP contribution >= 0.6 is 11.3 Å². The predicted molar refractivity (Wildman–Crippen MR) is 75.2 cm³/mol. The van der Waals surface area contributed by atoms with E-state index in [-0.39, 0.29) is 4.21 Å². The maximum atomic E-state index is 11.8. The van der Waals surface area contributed by atoms with Gasteiger partial charge in [-0.1, -0.05) is 18.2 Å². The third-order valence-electron chi connectivity index (χ3n) is 2.24. The van der Waals surface area contributed by atoms with Gasteiger partial charge in [0.05, 0.1) is 13.3 Å². The molecule has 1 heterocycles. The summed E-state index contributed by atoms with van der Waals surface area (Å²) in [6.45, 7) is 0. The number of benzene rings is 1. The largest absolute Gasteiger partial charge is 0.497 e. The predicted octanol–water partition coefficient (Wildman–Crippen LogP) is 2.07. The molecule has 0 aliphatic carbocycles. The van der Waals surface area contributed by atoms with Crippen LogP contribution in [0, 0.1) is 0 Å². The summed E-state index contributed by atoms with van der Waals surface area (Å²) in [5, 5.41) is 5.43. The molecule has 2 aromatic rings. The number of hydrogen-bond acceptors (Lipinski definition) is 5. The van der Waals surface area contributed by atoms with Gasteiger partial charge in [-0.05, 0) is 29.1 Å². The first kappa shape index (κ1) is 13.6. The molecule has 0 unspecified atom stereocenters. The van der Waals surface area contributed by atoms with Crippen molar-refractivity contribution in [1.82, 2.24) is 4.83 Å². The number of hydrazone groups is 1. The van der Waals surface area contributed by atoms with Gasteiger partial charge in [0.15, 0.2) is 0 Å². The van der Waals surface area contributed by atoms with E-state index in [9.17, 15) is 8.42 Å². The molecule has 1 N–H and O–H groups in total. The van der Waals surface area contributed by atoms with Crippen molar-refractivity contribution < 1.29 is 13.2 Å². The van der Waals surface area contributed by atoms with Gasteiger partial charge in [-0.25, -0.2) is 0 Å². The molecule has 1 aromatic heterocycles. The first-order chi connectivity index (χ1) is 9.12. The van der Waals surface area contributed by atoms with Gasteiger partial charge in [0.2, 0.25) is 0 Å². The van der Waals surface area contributed by atoms with Gasteiger partial charge in [0.25, 0.3) is 10.0 Å². The first-order valence-electron chi connectivity index (χ1n) is 5.34. The fourth-order valence-corrected chi connectivity index (χ4v) is 3.13. The maximum absolute atomic E-state index is 11.8. The topological polar surface area (TPSA) is 67.8 Å². The van der Waals surface area contributed by atoms with E-state index in [1.807, 2.05) is 0 Å². The van der Waals surface area contributed by atoms with Gasteiger partial charge < -0.3 is 4.74 Å². The third kappa shape index (κ3) is 3.55. The lowest BCUT2D eigenvalue weighted by Gasteiger charge is -2.01. The van der Waals surface area contributed by atoms with E-state index >= 15 is 0 Å². The average Bonchev–Trinajstić information content (AvgIpc) is 2.93. The molecule has 0 atom stereocenters. The number of nitrogens with one attached hydrogen (secondary N) is 1. The van der Waals surface area contributed by atoms with E-state index in [1.54, 1.807) is 42.8 Å². The molecule has 0 aliphatic heterocycles. The van der Waals surface area contributed by atoms with Gasteiger partial charge in [0, 0.05) is 0 Å². The summed E-state index contributed by atoms with van der Waals surface area (Å²) in [6.07, 6.45) is 1.42. The summed E-state index contributed by atoms with van der Waals surface area (Å²) >= 11 is 1.14. The Morgan fingerprint density at radius 3 is 2.84 bits per heavy atom. The maximum Gasteiger partial charge on any atom is 0.286 e. The Morgan fingerprint density at radius 2 is 2.16 bits per heavy atom. The van der Waals surface area contributed by atoms with Crippen LogP contribution in [0.15, 0.2) is 51.1 Å². The van der Waals surface area contributed by atoms with Crippen LogP contribution in [0.2, 0.25) is 0 Å². The Kier molecular flexibility index (Phi) is 4.18. The van der Waals surface area contributed by atoms with Crippen molar-refractivity contribution in [1.29, 1.82) is 0 Å². The molecule has 0 bridgehead atoms. The Morgan fingerprint density at radius 1 is 1.32 bits per heavy atom. The number of methoxy groups -OCH3 is 1. The van der Waals surface area contributed by atoms with Gasteiger partial charge in [-0.3, -0.25) is 0 Å². The first-order valence-corrected chi connectivity index (χ1v) is 7.70. The lowest BCUT2D eigenvalue weighted by molar-refractivity contribution is 0.415. The number of nitrogens with zero attached hydrogens (tertiary/aromatic N) is 1. The number of hydrogen-bond donors (Lipinski definition) is 1. The van der Waals surface area contributed by atoms with E-state index in [2.05, 4.69) is 9.93 Å². The Labute approximate surface area is 115 Å². The molecule has 0 fully saturated rings. The van der Waals surface area contributed by atoms with Crippen molar-refractivity contribution in [3.05, 3.63) is 47.3 Å². The zero-order chi connectivity index (χ0) is 13.7. The molecule has 2 rings (SSSR count). The molecule has 7 heteroatoms. The second kappa shape index (κ2) is 5.85. The average molecular weight is 296 g/mol. The summed E-state index contributed by atoms with van der Waals surface area (Å²) in [7, 11) is -2.00. The number of rotatable bonds is 5. The van der Waals surface area contributed by atoms with Crippen molar-refractivity contribution in [2.45, 2.75) is 4.21 Å². The van der Waals surface area contributed by atoms with Crippen LogP contribution in [-0.4, -0.2) is 21.7 Å². The standard InChI is InChI=1S/C12H12N2O3S2/c1-17-11-5-2-4-10(8-11)9-13-14-19(15,16)12-6-3-7-18-12/h2-9,14H,1H3/b13-9+. The minimum atomic E-state index is -3.56. The Hall–Kier alpha value is -1.86. The van der Waals surface area contributed by atoms with Gasteiger partial charge in [0.1, 0.15) is 9.96 Å². The third-order valence-corrected chi connectivity index (χ3v) is 4.86. The highest BCUT2D eigenvalue weighted by Gasteiger charge is 2.12. The van der Waals surface area contributed by atoms with Crippen LogP contribution in [0.25, 0.3) is 0 Å². The molecule has 19 heavy (non-hydrogen) atoms. The Balaban J connectivity index is 2.08. The van der Waals surface area contributed by atoms with Crippen LogP contribution in [-0.2, 0) is 10.0 Å². The van der Waals surface area contributed by atoms with Crippen LogP contribution in [0.3, 0.4) is 0 Å². The van der Waals surface area contributed by atoms with Crippen LogP contribution < -0.4 is 9.57 Å². The minimum absolute atomic E-state index is 0.232. The molecule has 0 radical (unpaired) electrons. The molecular formula is C12H12N2O3S2. The van der Waals surface area contributed by atoms with Gasteiger partial charge in [-0.15, -0.1) is 11.3 Å². The monoisotopic (exact) mass is 296 g/mol. The second-order valence-electron chi connectivity index (χ2n) is 3.56. The van der Waals surface area contributed by atoms with E-state index in [0.29, 0.717) is 5.75 Å². The van der Waals surface area contributed by atoms with Crippen molar-refractivity contribution in [3.8, 4) is 5.75 Å². The van der Waals surface area contributed by atoms with Crippen molar-refractivity contribution in [2.75, 3.05) is 7.11 Å². The molecule has 0 saturated carbocycles. The smallest absolute Gasteiger partial charge is 0.286 e. The molecular weight excluding hydrogens is 284 g/mol. The molecule has 0 aliphatic rings. The van der Waals surface area contributed by atoms with E-state index in [1.165, 1.54) is 12.3 Å². The summed E-state index contributed by atoms with van der Waals surface area (Å²) in [5.74, 6) is 0.685. The quantitative estimate of drug-likeness (QED) is 0.678. The Bertz CT molecular complexity index is 664. The van der Waals surface area contributed by atoms with Crippen molar-refractivity contribution in [2.24, 2.45) is 5.10 Å². The van der Waals surface area contributed by atoms with Crippen molar-refractivity contribution in [3.63, 3.8) is 0 Å². The molecule has 1 aromatic carbocycles. The normalized spacial score (nSPS) is 11.6. The SMILES string of the molecule is COc1cccc(/C=N/NS(=O)(=O)c2cccs2)c1. The van der Waals surface area contributed by atoms with E-state index in [4.69, 9.17) is 4.74 Å². The zero-order valence-corrected chi connectivity index (χ0v) is 11.7. The highest BCUT2D eigenvalue weighted by Crippen LogP contribution is 2.15. The lowest BCUT2D eigenvalue weighted by Crippen LogP contribution is -2.17. The summed E-state index contributed by atoms with van der Waals surface area (Å²) in [6, 6.07) is 10.3. The molecule has 0 saturated heterocycles. The number of ether oxygens (including phenoxy) is 1. The zero-order valence-electron chi connectivity index (χ0n) is 10.1. The molecule has 0 amide bonds. The lowest BCUT2D eigenvalue weighted by atomic mass is 10.2. The number of sulfonamides is 1. The van der Waals surface area contributed by atoms with Crippen LogP contribution in [0.5, 0.6) is 5.75 Å². The van der Waals surface area contributed by atoms with E-state index in [0.717, 1.165) is 16.9 Å². The summed E-state index contributed by atoms with van der Waals surface area (Å²) in [4.78, 5) is 2.16. The van der Waals surface area contributed by atoms with Gasteiger partial charge in [-0.2, -0.15) is 18.4 Å². The molecule has 100 valence electrons. The minimum Gasteiger partial charge on any atom is -0.497 e. The summed E-state index contributed by atoms with van der Waals surface area (Å²) < 4.78 is 28.8. The van der Waals surface area contributed by atoms with Crippen LogP contribution in [0.1, 0.15) is 5.56 Å². The highest BCUT2D eigenvalue weighted by molar-refractivity contribution is 7.91. The van der Waals surface area contributed by atoms with E-state index < -0.39 is 10.0 Å². The molecule has 5 nitrogen and oxygen atoms in total. The highest BCUT2D eigenvalue weighted by atomic mass is 32.2. The fourth-order valence-electron chi connectivity index (χ4n) is 1.35. The van der Waals surface area contributed by atoms with Crippen LogP contribution in [0.4, 0.5) is 0 Å². The van der Waals surface area contributed by atoms with Crippen molar-refractivity contribution >= 4 is 27.6 Å². The number of thiophene rings is 1. The summed E-state index contributed by atoms with van der Waals surface area (Å²) in [5.41, 5.74) is 0.744. The second-order valence-corrected chi connectivity index (χ2v) is 6.40.